The van der Waals surface area contributed by atoms with Crippen LogP contribution < -0.4 is 26.2 Å². The Hall–Kier alpha value is -5.58. The van der Waals surface area contributed by atoms with Gasteiger partial charge in [0.2, 0.25) is 0 Å². The summed E-state index contributed by atoms with van der Waals surface area (Å²) in [7, 11) is 0. The van der Waals surface area contributed by atoms with Gasteiger partial charge in [-0.05, 0) is 169 Å². The summed E-state index contributed by atoms with van der Waals surface area (Å²) in [5.74, 6) is 0. The van der Waals surface area contributed by atoms with Gasteiger partial charge in [-0.15, -0.1) is 11.3 Å². The lowest BCUT2D eigenvalue weighted by atomic mass is 9.33. The molecular formula is C64H67BN2S. The first kappa shape index (κ1) is 43.7. The zero-order valence-corrected chi connectivity index (χ0v) is 43.6. The number of anilines is 6. The fourth-order valence-electron chi connectivity index (χ4n) is 12.9. The molecular weight excluding hydrogens is 840 g/mol. The second-order valence-corrected chi connectivity index (χ2v) is 25.9. The predicted molar refractivity (Wildman–Crippen MR) is 298 cm³/mol. The number of thiophene rings is 1. The highest BCUT2D eigenvalue weighted by molar-refractivity contribution is 7.26. The van der Waals surface area contributed by atoms with Crippen LogP contribution in [0.25, 0.3) is 31.3 Å². The quantitative estimate of drug-likeness (QED) is 0.163. The molecule has 0 radical (unpaired) electrons. The molecule has 2 nitrogen and oxygen atoms in total. The minimum Gasteiger partial charge on any atom is -0.311 e. The standard InChI is InChI=1S/C64H67BN2S/c1-38-31-42(60(3,4)5)23-26-51(38)66-53-37-48-46(62(8,9)28-30-64(48,12)13)35-50(53)65-49-25-24-44-43-21-17-18-22-56(43)68-59(44)58(49)67(55-34-41(33-54(66)57(55)65)40-19-15-14-16-20-40)52-36-47-45(32-39(52)2)61(6,7)27-29-63(47,10)11/h14-26,31-37H,27-30H2,1-13H3. The molecule has 0 bridgehead atoms. The van der Waals surface area contributed by atoms with Crippen LogP contribution in [0.3, 0.4) is 0 Å². The van der Waals surface area contributed by atoms with Crippen molar-refractivity contribution in [3.63, 3.8) is 0 Å². The molecule has 3 heterocycles. The zero-order chi connectivity index (χ0) is 47.6. The molecule has 2 aliphatic heterocycles. The van der Waals surface area contributed by atoms with Gasteiger partial charge in [-0.25, -0.2) is 0 Å². The Morgan fingerprint density at radius 2 is 1.03 bits per heavy atom. The highest BCUT2D eigenvalue weighted by Crippen LogP contribution is 2.55. The summed E-state index contributed by atoms with van der Waals surface area (Å²) < 4.78 is 2.71. The fraction of sp³-hybridized carbons (Fsp3) is 0.344. The van der Waals surface area contributed by atoms with Gasteiger partial charge in [0.1, 0.15) is 0 Å². The summed E-state index contributed by atoms with van der Waals surface area (Å²) in [4.78, 5) is 5.45. The molecule has 0 atom stereocenters. The summed E-state index contributed by atoms with van der Waals surface area (Å²) in [6.45, 7) is 31.6. The summed E-state index contributed by atoms with van der Waals surface area (Å²) in [5.41, 5.74) is 24.8. The average molecular weight is 907 g/mol. The number of benzene rings is 7. The molecule has 12 rings (SSSR count). The predicted octanol–water partition coefficient (Wildman–Crippen LogP) is 16.4. The number of hydrogen-bond donors (Lipinski definition) is 0. The molecule has 8 aromatic rings. The summed E-state index contributed by atoms with van der Waals surface area (Å²) in [6.07, 6.45) is 4.71. The van der Waals surface area contributed by atoms with E-state index in [0.717, 1.165) is 0 Å². The second kappa shape index (κ2) is 14.5. The molecule has 2 aliphatic carbocycles. The minimum absolute atomic E-state index is 0.0190. The van der Waals surface area contributed by atoms with Crippen LogP contribution in [-0.4, -0.2) is 6.71 Å². The second-order valence-electron chi connectivity index (χ2n) is 24.8. The van der Waals surface area contributed by atoms with Gasteiger partial charge in [0.25, 0.3) is 6.71 Å². The van der Waals surface area contributed by atoms with Crippen molar-refractivity contribution in [2.24, 2.45) is 0 Å². The Morgan fingerprint density at radius 1 is 0.471 bits per heavy atom. The first-order valence-corrected chi connectivity index (χ1v) is 26.2. The van der Waals surface area contributed by atoms with Gasteiger partial charge in [0.05, 0.1) is 10.4 Å². The Labute approximate surface area is 410 Å². The van der Waals surface area contributed by atoms with Gasteiger partial charge < -0.3 is 9.80 Å². The molecule has 0 spiro atoms. The van der Waals surface area contributed by atoms with Crippen LogP contribution in [0.15, 0.2) is 121 Å². The van der Waals surface area contributed by atoms with E-state index in [2.05, 4.69) is 221 Å². The van der Waals surface area contributed by atoms with Crippen molar-refractivity contribution in [1.29, 1.82) is 0 Å². The van der Waals surface area contributed by atoms with E-state index in [1.165, 1.54) is 146 Å². The van der Waals surface area contributed by atoms with Crippen LogP contribution in [0.4, 0.5) is 34.1 Å². The molecule has 7 aromatic carbocycles. The molecule has 4 aliphatic rings. The van der Waals surface area contributed by atoms with Gasteiger partial charge >= 0.3 is 0 Å². The first-order chi connectivity index (χ1) is 32.1. The number of nitrogens with zero attached hydrogens (tertiary/aromatic N) is 2. The van der Waals surface area contributed by atoms with Gasteiger partial charge in [-0.3, -0.25) is 0 Å². The summed E-state index contributed by atoms with van der Waals surface area (Å²) in [5, 5.41) is 2.68. The van der Waals surface area contributed by atoms with Crippen molar-refractivity contribution < 1.29 is 0 Å². The van der Waals surface area contributed by atoms with Crippen molar-refractivity contribution in [2.75, 3.05) is 9.80 Å². The maximum Gasteiger partial charge on any atom is 0.252 e. The van der Waals surface area contributed by atoms with E-state index >= 15 is 0 Å². The summed E-state index contributed by atoms with van der Waals surface area (Å²) in [6, 6.07) is 48.2. The third-order valence-electron chi connectivity index (χ3n) is 17.4. The maximum atomic E-state index is 2.76. The molecule has 0 N–H and O–H groups in total. The number of aryl methyl sites for hydroxylation is 2. The smallest absolute Gasteiger partial charge is 0.252 e. The Balaban J connectivity index is 1.26. The van der Waals surface area contributed by atoms with Crippen LogP contribution in [0.1, 0.15) is 141 Å². The lowest BCUT2D eigenvalue weighted by Gasteiger charge is -2.48. The molecule has 0 amide bonds. The van der Waals surface area contributed by atoms with Crippen molar-refractivity contribution in [1.82, 2.24) is 0 Å². The Kier molecular flexibility index (Phi) is 9.31. The van der Waals surface area contributed by atoms with E-state index in [0.29, 0.717) is 0 Å². The van der Waals surface area contributed by atoms with Crippen molar-refractivity contribution in [2.45, 2.75) is 143 Å². The third kappa shape index (κ3) is 6.34. The first-order valence-electron chi connectivity index (χ1n) is 25.4. The SMILES string of the molecule is Cc1cc(C(C)(C)C)ccc1N1c2cc3c(cc2B2c4ccc5c(sc6ccccc65)c4N(c4cc5c(cc4C)C(C)(C)CCC5(C)C)c4cc(-c5ccccc5)cc1c42)C(C)(C)CCC3(C)C. The van der Waals surface area contributed by atoms with E-state index < -0.39 is 0 Å². The maximum absolute atomic E-state index is 2.76. The average Bonchev–Trinajstić information content (AvgIpc) is 3.68. The van der Waals surface area contributed by atoms with E-state index in [-0.39, 0.29) is 33.8 Å². The van der Waals surface area contributed by atoms with Gasteiger partial charge in [0.15, 0.2) is 0 Å². The minimum atomic E-state index is 0.0190. The highest BCUT2D eigenvalue weighted by Gasteiger charge is 2.48. The highest BCUT2D eigenvalue weighted by atomic mass is 32.1. The molecule has 0 fully saturated rings. The monoisotopic (exact) mass is 907 g/mol. The van der Waals surface area contributed by atoms with Crippen LogP contribution in [0.5, 0.6) is 0 Å². The van der Waals surface area contributed by atoms with E-state index in [1.54, 1.807) is 0 Å². The Morgan fingerprint density at radius 3 is 1.66 bits per heavy atom. The number of hydrogen-bond acceptors (Lipinski definition) is 3. The van der Waals surface area contributed by atoms with E-state index in [9.17, 15) is 0 Å². The Bertz CT molecular complexity index is 3430. The fourth-order valence-corrected chi connectivity index (χ4v) is 14.2. The largest absolute Gasteiger partial charge is 0.311 e. The van der Waals surface area contributed by atoms with Crippen LogP contribution in [-0.2, 0) is 27.1 Å². The molecule has 0 saturated carbocycles. The van der Waals surface area contributed by atoms with Crippen molar-refractivity contribution in [3.05, 3.63) is 160 Å². The molecule has 0 saturated heterocycles. The number of rotatable bonds is 3. The van der Waals surface area contributed by atoms with Gasteiger partial charge in [-0.2, -0.15) is 0 Å². The lowest BCUT2D eigenvalue weighted by Crippen LogP contribution is -2.62. The van der Waals surface area contributed by atoms with Crippen LogP contribution in [0.2, 0.25) is 0 Å². The van der Waals surface area contributed by atoms with E-state index in [1.807, 2.05) is 11.3 Å². The molecule has 4 heteroatoms. The zero-order valence-electron chi connectivity index (χ0n) is 42.8. The topological polar surface area (TPSA) is 6.48 Å². The van der Waals surface area contributed by atoms with Gasteiger partial charge in [-0.1, -0.05) is 161 Å². The molecule has 68 heavy (non-hydrogen) atoms. The van der Waals surface area contributed by atoms with Crippen LogP contribution in [0, 0.1) is 13.8 Å². The molecule has 342 valence electrons. The number of fused-ring (bicyclic) bond motifs is 10. The summed E-state index contributed by atoms with van der Waals surface area (Å²) >= 11 is 1.97. The van der Waals surface area contributed by atoms with Crippen LogP contribution >= 0.6 is 11.3 Å². The van der Waals surface area contributed by atoms with E-state index in [4.69, 9.17) is 0 Å². The molecule has 0 unspecified atom stereocenters. The normalized spacial score (nSPS) is 18.2. The lowest BCUT2D eigenvalue weighted by molar-refractivity contribution is 0.332. The third-order valence-corrected chi connectivity index (χ3v) is 18.6. The van der Waals surface area contributed by atoms with Crippen molar-refractivity contribution >= 4 is 88.7 Å². The molecule has 1 aromatic heterocycles. The van der Waals surface area contributed by atoms with Crippen molar-refractivity contribution in [3.8, 4) is 11.1 Å². The van der Waals surface area contributed by atoms with Gasteiger partial charge in [0, 0.05) is 43.9 Å².